The molecule has 1 aromatic rings. The van der Waals surface area contributed by atoms with Crippen molar-refractivity contribution in [3.8, 4) is 5.75 Å². The molecule has 0 bridgehead atoms. The van der Waals surface area contributed by atoms with Crippen LogP contribution in [-0.4, -0.2) is 20.5 Å². The van der Waals surface area contributed by atoms with Crippen LogP contribution in [0.15, 0.2) is 36.9 Å². The molecule has 0 aromatic heterocycles. The lowest BCUT2D eigenvalue weighted by Gasteiger charge is -2.41. The topological polar surface area (TPSA) is 18.5 Å². The molecule has 0 unspecified atom stereocenters. The number of rotatable bonds is 7. The summed E-state index contributed by atoms with van der Waals surface area (Å²) in [7, 11) is -1.91. The Bertz CT molecular complexity index is 631. The Kier molecular flexibility index (Phi) is 6.28. The van der Waals surface area contributed by atoms with Crippen molar-refractivity contribution in [1.29, 1.82) is 0 Å². The summed E-state index contributed by atoms with van der Waals surface area (Å²) in [6.07, 6.45) is 8.66. The normalized spacial score (nSPS) is 18.4. The first kappa shape index (κ1) is 19.9. The zero-order valence-electron chi connectivity index (χ0n) is 16.1. The molecule has 2 nitrogen and oxygen atoms in total. The molecule has 2 rings (SSSR count). The fourth-order valence-electron chi connectivity index (χ4n) is 2.65. The van der Waals surface area contributed by atoms with Crippen molar-refractivity contribution >= 4 is 14.4 Å². The van der Waals surface area contributed by atoms with E-state index in [0.717, 1.165) is 30.6 Å². The summed E-state index contributed by atoms with van der Waals surface area (Å²) in [5, 5.41) is 0.142. The van der Waals surface area contributed by atoms with Crippen LogP contribution < -0.4 is 4.74 Å². The van der Waals surface area contributed by atoms with E-state index in [-0.39, 0.29) is 23.1 Å². The number of allylic oxidation sites excluding steroid dienone is 1. The van der Waals surface area contributed by atoms with Crippen LogP contribution in [0.25, 0.3) is 6.08 Å². The van der Waals surface area contributed by atoms with E-state index in [1.165, 1.54) is 12.1 Å². The molecule has 0 radical (unpaired) electrons. The minimum Gasteiger partial charge on any atom is -0.483 e. The predicted octanol–water partition coefficient (Wildman–Crippen LogP) is 6.35. The van der Waals surface area contributed by atoms with Crippen molar-refractivity contribution in [1.82, 2.24) is 0 Å². The predicted molar refractivity (Wildman–Crippen MR) is 106 cm³/mol. The Morgan fingerprint density at radius 2 is 2.08 bits per heavy atom. The first-order valence-corrected chi connectivity index (χ1v) is 12.0. The van der Waals surface area contributed by atoms with Crippen molar-refractivity contribution < 1.29 is 13.6 Å². The van der Waals surface area contributed by atoms with Crippen molar-refractivity contribution in [2.75, 3.05) is 0 Å². The number of fused-ring (bicyclic) bond motifs is 1. The molecule has 0 fully saturated rings. The SMILES string of the molecule is C=CCCC[C@@H](O[Si](C)(C)C(C)(C)C)[C@H]1C=Cc2cc(F)ccc2O1. The van der Waals surface area contributed by atoms with Crippen LogP contribution in [0.2, 0.25) is 18.1 Å². The van der Waals surface area contributed by atoms with Crippen LogP contribution in [0.1, 0.15) is 45.6 Å². The van der Waals surface area contributed by atoms with Gasteiger partial charge in [-0.25, -0.2) is 4.39 Å². The summed E-state index contributed by atoms with van der Waals surface area (Å²) >= 11 is 0. The van der Waals surface area contributed by atoms with Gasteiger partial charge in [0.05, 0.1) is 6.10 Å². The maximum Gasteiger partial charge on any atom is 0.192 e. The molecule has 0 saturated heterocycles. The van der Waals surface area contributed by atoms with E-state index in [1.54, 1.807) is 6.07 Å². The first-order chi connectivity index (χ1) is 11.6. The van der Waals surface area contributed by atoms with Crippen LogP contribution in [0, 0.1) is 5.82 Å². The van der Waals surface area contributed by atoms with Gasteiger partial charge >= 0.3 is 0 Å². The van der Waals surface area contributed by atoms with Gasteiger partial charge in [0.15, 0.2) is 8.32 Å². The third-order valence-corrected chi connectivity index (χ3v) is 9.72. The van der Waals surface area contributed by atoms with Gasteiger partial charge in [0.25, 0.3) is 0 Å². The molecule has 0 amide bonds. The first-order valence-electron chi connectivity index (χ1n) is 9.07. The maximum absolute atomic E-state index is 13.4. The van der Waals surface area contributed by atoms with E-state index in [2.05, 4.69) is 40.4 Å². The number of hydrogen-bond donors (Lipinski definition) is 0. The van der Waals surface area contributed by atoms with E-state index in [4.69, 9.17) is 9.16 Å². The van der Waals surface area contributed by atoms with Crippen molar-refractivity contribution in [3.63, 3.8) is 0 Å². The van der Waals surface area contributed by atoms with Gasteiger partial charge in [-0.2, -0.15) is 0 Å². The summed E-state index contributed by atoms with van der Waals surface area (Å²) in [4.78, 5) is 0. The molecule has 4 heteroatoms. The van der Waals surface area contributed by atoms with Crippen molar-refractivity contribution in [2.45, 2.75) is 70.4 Å². The molecule has 138 valence electrons. The van der Waals surface area contributed by atoms with Gasteiger partial charge in [0.1, 0.15) is 17.7 Å². The van der Waals surface area contributed by atoms with E-state index < -0.39 is 8.32 Å². The zero-order chi connectivity index (χ0) is 18.7. The molecule has 1 aliphatic heterocycles. The Hall–Kier alpha value is -1.39. The Labute approximate surface area is 152 Å². The molecule has 1 heterocycles. The highest BCUT2D eigenvalue weighted by molar-refractivity contribution is 6.74. The quantitative estimate of drug-likeness (QED) is 0.320. The molecular formula is C21H31FO2Si. The molecule has 1 aliphatic rings. The molecule has 1 aromatic carbocycles. The molecule has 0 spiro atoms. The van der Waals surface area contributed by atoms with Gasteiger partial charge in [0, 0.05) is 5.56 Å². The fourth-order valence-corrected chi connectivity index (χ4v) is 4.01. The number of halogens is 1. The lowest BCUT2D eigenvalue weighted by atomic mass is 10.0. The van der Waals surface area contributed by atoms with Crippen molar-refractivity contribution in [3.05, 3.63) is 48.3 Å². The van der Waals surface area contributed by atoms with Crippen LogP contribution in [0.4, 0.5) is 4.39 Å². The van der Waals surface area contributed by atoms with Crippen LogP contribution in [0.5, 0.6) is 5.75 Å². The second-order valence-electron chi connectivity index (χ2n) is 8.26. The van der Waals surface area contributed by atoms with E-state index >= 15 is 0 Å². The average molecular weight is 363 g/mol. The maximum atomic E-state index is 13.4. The average Bonchev–Trinajstić information content (AvgIpc) is 2.52. The standard InChI is InChI=1S/C21H31FO2Si/c1-7-8-9-10-20(24-25(5,6)21(2,3)4)19-13-11-16-15-17(22)12-14-18(16)23-19/h7,11-15,19-20H,1,8-10H2,2-6H3/t19-,20-/m1/s1. The van der Waals surface area contributed by atoms with Gasteiger partial charge in [-0.1, -0.05) is 32.9 Å². The Morgan fingerprint density at radius 3 is 2.72 bits per heavy atom. The van der Waals surface area contributed by atoms with E-state index in [0.29, 0.717) is 0 Å². The molecule has 0 saturated carbocycles. The minimum absolute atomic E-state index is 0.00436. The number of unbranched alkanes of at least 4 members (excludes halogenated alkanes) is 1. The van der Waals surface area contributed by atoms with E-state index in [1.807, 2.05) is 18.2 Å². The highest BCUT2D eigenvalue weighted by atomic mass is 28.4. The summed E-state index contributed by atoms with van der Waals surface area (Å²) in [5.74, 6) is 0.479. The van der Waals surface area contributed by atoms with Gasteiger partial charge in [-0.05, 0) is 61.7 Å². The molecular weight excluding hydrogens is 331 g/mol. The second-order valence-corrected chi connectivity index (χ2v) is 13.0. The largest absolute Gasteiger partial charge is 0.483 e. The number of ether oxygens (including phenoxy) is 1. The zero-order valence-corrected chi connectivity index (χ0v) is 17.1. The number of hydrogen-bond acceptors (Lipinski definition) is 2. The molecule has 2 atom stereocenters. The lowest BCUT2D eigenvalue weighted by Crippen LogP contribution is -2.48. The highest BCUT2D eigenvalue weighted by Gasteiger charge is 2.41. The third kappa shape index (κ3) is 5.05. The smallest absolute Gasteiger partial charge is 0.192 e. The Morgan fingerprint density at radius 1 is 1.36 bits per heavy atom. The molecule has 25 heavy (non-hydrogen) atoms. The van der Waals surface area contributed by atoms with Crippen LogP contribution >= 0.6 is 0 Å². The van der Waals surface area contributed by atoms with Crippen LogP contribution in [0.3, 0.4) is 0 Å². The lowest BCUT2D eigenvalue weighted by molar-refractivity contribution is 0.0634. The summed E-state index contributed by atoms with van der Waals surface area (Å²) in [5.41, 5.74) is 0.786. The van der Waals surface area contributed by atoms with Crippen molar-refractivity contribution in [2.24, 2.45) is 0 Å². The second kappa shape index (κ2) is 7.88. The van der Waals surface area contributed by atoms with Gasteiger partial charge < -0.3 is 9.16 Å². The molecule has 0 aliphatic carbocycles. The Balaban J connectivity index is 2.19. The molecule has 0 N–H and O–H groups in total. The van der Waals surface area contributed by atoms with Gasteiger partial charge in [-0.15, -0.1) is 6.58 Å². The van der Waals surface area contributed by atoms with Gasteiger partial charge in [0.2, 0.25) is 0 Å². The third-order valence-electron chi connectivity index (χ3n) is 5.22. The number of benzene rings is 1. The van der Waals surface area contributed by atoms with Gasteiger partial charge in [-0.3, -0.25) is 0 Å². The highest BCUT2D eigenvalue weighted by Crippen LogP contribution is 2.39. The summed E-state index contributed by atoms with van der Waals surface area (Å²) in [6, 6.07) is 4.65. The monoisotopic (exact) mass is 362 g/mol. The fraction of sp³-hybridized carbons (Fsp3) is 0.524. The minimum atomic E-state index is -1.91. The van der Waals surface area contributed by atoms with Crippen LogP contribution in [-0.2, 0) is 4.43 Å². The summed E-state index contributed by atoms with van der Waals surface area (Å²) in [6.45, 7) is 15.1. The van der Waals surface area contributed by atoms with E-state index in [9.17, 15) is 4.39 Å². The summed E-state index contributed by atoms with van der Waals surface area (Å²) < 4.78 is 26.2.